The molecule has 1 N–H and O–H groups in total. The maximum absolute atomic E-state index is 12.5. The SMILES string of the molecule is Cc1ccc(N([C@@H](C)C(=O)NCCSc2ccccc2)S(C)(=O)=O)cc1Cl. The molecule has 8 heteroatoms. The first kappa shape index (κ1) is 21.6. The van der Waals surface area contributed by atoms with E-state index in [4.69, 9.17) is 11.6 Å². The quantitative estimate of drug-likeness (QED) is 0.516. The van der Waals surface area contributed by atoms with E-state index in [1.807, 2.05) is 37.3 Å². The number of nitrogens with one attached hydrogen (secondary N) is 1. The molecule has 0 aliphatic carbocycles. The molecular formula is C19H23ClN2O3S2. The summed E-state index contributed by atoms with van der Waals surface area (Å²) >= 11 is 7.75. The smallest absolute Gasteiger partial charge is 0.243 e. The number of amides is 1. The fraction of sp³-hybridized carbons (Fsp3) is 0.316. The minimum atomic E-state index is -3.66. The van der Waals surface area contributed by atoms with Crippen LogP contribution in [0.25, 0.3) is 0 Å². The Morgan fingerprint density at radius 3 is 2.48 bits per heavy atom. The van der Waals surface area contributed by atoms with Gasteiger partial charge in [0.1, 0.15) is 6.04 Å². The second-order valence-electron chi connectivity index (χ2n) is 6.12. The number of thioether (sulfide) groups is 1. The van der Waals surface area contributed by atoms with Gasteiger partial charge in [-0.05, 0) is 43.7 Å². The second-order valence-corrected chi connectivity index (χ2v) is 9.56. The summed E-state index contributed by atoms with van der Waals surface area (Å²) in [6.07, 6.45) is 1.08. The molecular weight excluding hydrogens is 404 g/mol. The van der Waals surface area contributed by atoms with Gasteiger partial charge < -0.3 is 5.32 Å². The van der Waals surface area contributed by atoms with E-state index in [0.717, 1.165) is 21.0 Å². The third-order valence-electron chi connectivity index (χ3n) is 3.91. The fourth-order valence-electron chi connectivity index (χ4n) is 2.54. The zero-order valence-electron chi connectivity index (χ0n) is 15.5. The van der Waals surface area contributed by atoms with Crippen LogP contribution in [0.4, 0.5) is 5.69 Å². The van der Waals surface area contributed by atoms with Gasteiger partial charge in [0.25, 0.3) is 0 Å². The van der Waals surface area contributed by atoms with Crippen molar-refractivity contribution in [3.05, 3.63) is 59.1 Å². The average molecular weight is 427 g/mol. The molecule has 0 aliphatic heterocycles. The van der Waals surface area contributed by atoms with E-state index in [2.05, 4.69) is 5.32 Å². The monoisotopic (exact) mass is 426 g/mol. The number of rotatable bonds is 8. The Kier molecular flexibility index (Phi) is 7.59. The van der Waals surface area contributed by atoms with Gasteiger partial charge in [-0.3, -0.25) is 9.10 Å². The number of anilines is 1. The summed E-state index contributed by atoms with van der Waals surface area (Å²) in [6.45, 7) is 3.83. The van der Waals surface area contributed by atoms with Gasteiger partial charge in [-0.1, -0.05) is 35.9 Å². The van der Waals surface area contributed by atoms with Crippen molar-refractivity contribution in [2.75, 3.05) is 22.9 Å². The lowest BCUT2D eigenvalue weighted by atomic mass is 10.2. The number of carbonyl (C=O) groups excluding carboxylic acids is 1. The summed E-state index contributed by atoms with van der Waals surface area (Å²) in [6, 6.07) is 13.9. The van der Waals surface area contributed by atoms with E-state index < -0.39 is 16.1 Å². The highest BCUT2D eigenvalue weighted by Crippen LogP contribution is 2.26. The van der Waals surface area contributed by atoms with E-state index in [1.54, 1.807) is 36.9 Å². The Morgan fingerprint density at radius 1 is 1.22 bits per heavy atom. The Balaban J connectivity index is 2.03. The minimum Gasteiger partial charge on any atom is -0.353 e. The van der Waals surface area contributed by atoms with Crippen LogP contribution in [0.1, 0.15) is 12.5 Å². The Morgan fingerprint density at radius 2 is 1.89 bits per heavy atom. The van der Waals surface area contributed by atoms with Crippen molar-refractivity contribution in [1.29, 1.82) is 0 Å². The summed E-state index contributed by atoms with van der Waals surface area (Å²) in [5.74, 6) is 0.336. The zero-order valence-corrected chi connectivity index (χ0v) is 17.9. The van der Waals surface area contributed by atoms with Crippen molar-refractivity contribution in [2.45, 2.75) is 24.8 Å². The molecule has 0 spiro atoms. The Hall–Kier alpha value is -1.70. The minimum absolute atomic E-state index is 0.356. The number of aryl methyl sites for hydroxylation is 1. The van der Waals surface area contributed by atoms with E-state index in [9.17, 15) is 13.2 Å². The predicted octanol–water partition coefficient (Wildman–Crippen LogP) is 3.71. The summed E-state index contributed by atoms with van der Waals surface area (Å²) in [4.78, 5) is 13.6. The van der Waals surface area contributed by atoms with Crippen LogP contribution in [-0.4, -0.2) is 38.9 Å². The zero-order chi connectivity index (χ0) is 20.0. The first-order chi connectivity index (χ1) is 12.7. The van der Waals surface area contributed by atoms with Gasteiger partial charge in [-0.15, -0.1) is 11.8 Å². The molecule has 1 amide bonds. The summed E-state index contributed by atoms with van der Waals surface area (Å²) < 4.78 is 25.7. The topological polar surface area (TPSA) is 66.5 Å². The highest BCUT2D eigenvalue weighted by molar-refractivity contribution is 7.99. The van der Waals surface area contributed by atoms with Crippen LogP contribution in [0.15, 0.2) is 53.4 Å². The molecule has 0 aliphatic rings. The molecule has 27 heavy (non-hydrogen) atoms. The van der Waals surface area contributed by atoms with Crippen molar-refractivity contribution < 1.29 is 13.2 Å². The highest BCUT2D eigenvalue weighted by Gasteiger charge is 2.29. The van der Waals surface area contributed by atoms with Crippen molar-refractivity contribution in [3.8, 4) is 0 Å². The number of sulfonamides is 1. The number of hydrogen-bond donors (Lipinski definition) is 1. The van der Waals surface area contributed by atoms with Gasteiger partial charge in [0, 0.05) is 22.2 Å². The fourth-order valence-corrected chi connectivity index (χ4v) is 4.67. The van der Waals surface area contributed by atoms with Gasteiger partial charge in [0.15, 0.2) is 0 Å². The van der Waals surface area contributed by atoms with Gasteiger partial charge in [-0.25, -0.2) is 8.42 Å². The van der Waals surface area contributed by atoms with Crippen LogP contribution in [-0.2, 0) is 14.8 Å². The molecule has 0 fully saturated rings. The molecule has 0 heterocycles. The number of carbonyl (C=O) groups is 1. The standard InChI is InChI=1S/C19H23ClN2O3S2/c1-14-9-10-16(13-18(14)20)22(27(3,24)25)15(2)19(23)21-11-12-26-17-7-5-4-6-8-17/h4-10,13,15H,11-12H2,1-3H3,(H,21,23)/t15-/m0/s1. The lowest BCUT2D eigenvalue weighted by Crippen LogP contribution is -2.48. The van der Waals surface area contributed by atoms with E-state index in [1.165, 1.54) is 0 Å². The van der Waals surface area contributed by atoms with Crippen LogP contribution in [0, 0.1) is 6.92 Å². The maximum atomic E-state index is 12.5. The number of halogens is 1. The Bertz CT molecular complexity index is 889. The van der Waals surface area contributed by atoms with Crippen molar-refractivity contribution in [1.82, 2.24) is 5.32 Å². The van der Waals surface area contributed by atoms with Crippen molar-refractivity contribution in [3.63, 3.8) is 0 Å². The third-order valence-corrected chi connectivity index (χ3v) is 6.57. The molecule has 0 saturated carbocycles. The van der Waals surface area contributed by atoms with Gasteiger partial charge in [-0.2, -0.15) is 0 Å². The molecule has 146 valence electrons. The van der Waals surface area contributed by atoms with Crippen molar-refractivity contribution >= 4 is 45.0 Å². The normalized spacial score (nSPS) is 12.4. The second kappa shape index (κ2) is 9.48. The van der Waals surface area contributed by atoms with Crippen LogP contribution in [0.3, 0.4) is 0 Å². The molecule has 5 nitrogen and oxygen atoms in total. The molecule has 0 bridgehead atoms. The molecule has 0 radical (unpaired) electrons. The number of benzene rings is 2. The third kappa shape index (κ3) is 6.16. The molecule has 0 saturated heterocycles. The summed E-state index contributed by atoms with van der Waals surface area (Å²) in [5.41, 5.74) is 1.21. The lowest BCUT2D eigenvalue weighted by Gasteiger charge is -2.28. The van der Waals surface area contributed by atoms with Crippen molar-refractivity contribution in [2.24, 2.45) is 0 Å². The van der Waals surface area contributed by atoms with E-state index in [-0.39, 0.29) is 5.91 Å². The van der Waals surface area contributed by atoms with Crippen LogP contribution >= 0.6 is 23.4 Å². The first-order valence-electron chi connectivity index (χ1n) is 8.41. The molecule has 1 atom stereocenters. The molecule has 0 aromatic heterocycles. The average Bonchev–Trinajstić information content (AvgIpc) is 2.61. The molecule has 2 rings (SSSR count). The molecule has 2 aromatic carbocycles. The van der Waals surface area contributed by atoms with Crippen LogP contribution < -0.4 is 9.62 Å². The summed E-state index contributed by atoms with van der Waals surface area (Å²) in [5, 5.41) is 3.25. The largest absolute Gasteiger partial charge is 0.353 e. The highest BCUT2D eigenvalue weighted by atomic mass is 35.5. The predicted molar refractivity (Wildman–Crippen MR) is 113 cm³/mol. The lowest BCUT2D eigenvalue weighted by molar-refractivity contribution is -0.121. The van der Waals surface area contributed by atoms with E-state index >= 15 is 0 Å². The maximum Gasteiger partial charge on any atom is 0.243 e. The Labute approximate surface area is 170 Å². The summed E-state index contributed by atoms with van der Waals surface area (Å²) in [7, 11) is -3.66. The first-order valence-corrected chi connectivity index (χ1v) is 11.6. The van der Waals surface area contributed by atoms with Gasteiger partial charge in [0.2, 0.25) is 15.9 Å². The van der Waals surface area contributed by atoms with Crippen LogP contribution in [0.5, 0.6) is 0 Å². The number of hydrogen-bond acceptors (Lipinski definition) is 4. The molecule has 0 unspecified atom stereocenters. The number of nitrogens with zero attached hydrogens (tertiary/aromatic N) is 1. The van der Waals surface area contributed by atoms with E-state index in [0.29, 0.717) is 23.0 Å². The van der Waals surface area contributed by atoms with Gasteiger partial charge in [0.05, 0.1) is 11.9 Å². The molecule has 2 aromatic rings. The van der Waals surface area contributed by atoms with Crippen LogP contribution in [0.2, 0.25) is 5.02 Å². The van der Waals surface area contributed by atoms with Gasteiger partial charge >= 0.3 is 0 Å².